The molecule has 9 atom stereocenters. The Hall–Kier alpha value is 0.0400. The molecular formula is C30H48NaO7S. The van der Waals surface area contributed by atoms with Gasteiger partial charge in [-0.2, -0.15) is 8.42 Å². The van der Waals surface area contributed by atoms with Gasteiger partial charge in [-0.15, -0.1) is 0 Å². The van der Waals surface area contributed by atoms with Crippen molar-refractivity contribution < 1.29 is 32.2 Å². The summed E-state index contributed by atoms with van der Waals surface area (Å²) in [7, 11) is -4.54. The number of carboxylic acids is 1. The monoisotopic (exact) mass is 575 g/mol. The van der Waals surface area contributed by atoms with Crippen LogP contribution in [0.15, 0.2) is 11.6 Å². The third-order valence-electron chi connectivity index (χ3n) is 13.3. The van der Waals surface area contributed by atoms with Gasteiger partial charge < -0.3 is 10.2 Å². The first kappa shape index (κ1) is 32.0. The number of hydrogen-bond donors (Lipinski definition) is 3. The molecule has 5 rings (SSSR count). The van der Waals surface area contributed by atoms with E-state index in [1.165, 1.54) is 5.57 Å². The second kappa shape index (κ2) is 9.52. The molecule has 0 aromatic heterocycles. The minimum Gasteiger partial charge on any atom is -0.481 e. The molecule has 39 heavy (non-hydrogen) atoms. The second-order valence-corrected chi connectivity index (χ2v) is 16.7. The van der Waals surface area contributed by atoms with Crippen molar-refractivity contribution in [3.8, 4) is 0 Å². The Kier molecular flexibility index (Phi) is 7.80. The molecule has 0 spiro atoms. The second-order valence-electron chi connectivity index (χ2n) is 15.7. The zero-order valence-electron chi connectivity index (χ0n) is 25.2. The first-order valence-electron chi connectivity index (χ1n) is 14.5. The van der Waals surface area contributed by atoms with Gasteiger partial charge in [0.15, 0.2) is 0 Å². The van der Waals surface area contributed by atoms with Gasteiger partial charge in [-0.1, -0.05) is 60.1 Å². The van der Waals surface area contributed by atoms with Crippen molar-refractivity contribution in [1.29, 1.82) is 0 Å². The summed E-state index contributed by atoms with van der Waals surface area (Å²) >= 11 is 0. The third-order valence-corrected chi connectivity index (χ3v) is 13.7. The van der Waals surface area contributed by atoms with E-state index < -0.39 is 39.4 Å². The number of aliphatic carboxylic acids is 1. The Morgan fingerprint density at radius 2 is 1.59 bits per heavy atom. The van der Waals surface area contributed by atoms with Crippen LogP contribution >= 0.6 is 0 Å². The van der Waals surface area contributed by atoms with Crippen molar-refractivity contribution in [2.45, 2.75) is 118 Å². The Bertz CT molecular complexity index is 1160. The number of carbonyl (C=O) groups is 1. The minimum absolute atomic E-state index is 0. The van der Waals surface area contributed by atoms with Crippen molar-refractivity contribution >= 4 is 45.9 Å². The smallest absolute Gasteiger partial charge is 0.397 e. The van der Waals surface area contributed by atoms with Crippen LogP contribution in [0.4, 0.5) is 0 Å². The summed E-state index contributed by atoms with van der Waals surface area (Å²) in [6.07, 6.45) is 7.53. The fourth-order valence-electron chi connectivity index (χ4n) is 11.0. The van der Waals surface area contributed by atoms with Gasteiger partial charge in [-0.25, -0.2) is 4.18 Å². The van der Waals surface area contributed by atoms with Crippen molar-refractivity contribution in [2.24, 2.45) is 50.2 Å². The fourth-order valence-corrected chi connectivity index (χ4v) is 11.7. The molecular weight excluding hydrogens is 527 g/mol. The van der Waals surface area contributed by atoms with Crippen LogP contribution in [-0.2, 0) is 19.4 Å². The average molecular weight is 576 g/mol. The number of aliphatic hydroxyl groups excluding tert-OH is 1. The molecule has 0 saturated heterocycles. The zero-order chi connectivity index (χ0) is 28.3. The summed E-state index contributed by atoms with van der Waals surface area (Å²) in [5.41, 5.74) is -0.765. The zero-order valence-corrected chi connectivity index (χ0v) is 28.0. The van der Waals surface area contributed by atoms with E-state index >= 15 is 0 Å². The van der Waals surface area contributed by atoms with Gasteiger partial charge in [0, 0.05) is 29.6 Å². The van der Waals surface area contributed by atoms with Crippen molar-refractivity contribution in [1.82, 2.24) is 0 Å². The van der Waals surface area contributed by atoms with Crippen LogP contribution < -0.4 is 0 Å². The third kappa shape index (κ3) is 4.39. The predicted molar refractivity (Wildman–Crippen MR) is 150 cm³/mol. The van der Waals surface area contributed by atoms with Crippen LogP contribution in [0.25, 0.3) is 0 Å². The molecule has 5 aliphatic rings. The number of allylic oxidation sites excluding steroid dienone is 2. The predicted octanol–water partition coefficient (Wildman–Crippen LogP) is 5.65. The van der Waals surface area contributed by atoms with Gasteiger partial charge in [0.2, 0.25) is 0 Å². The summed E-state index contributed by atoms with van der Waals surface area (Å²) in [5.74, 6) is -0.492. The molecule has 0 aromatic rings. The van der Waals surface area contributed by atoms with E-state index in [0.29, 0.717) is 25.2 Å². The van der Waals surface area contributed by atoms with Gasteiger partial charge in [0.1, 0.15) is 5.41 Å². The van der Waals surface area contributed by atoms with Crippen molar-refractivity contribution in [3.63, 3.8) is 0 Å². The van der Waals surface area contributed by atoms with Gasteiger partial charge in [-0.3, -0.25) is 9.35 Å². The molecule has 0 amide bonds. The summed E-state index contributed by atoms with van der Waals surface area (Å²) in [5, 5.41) is 22.3. The number of fused-ring (bicyclic) bond motifs is 7. The molecule has 0 bridgehead atoms. The molecule has 217 valence electrons. The maximum absolute atomic E-state index is 12.9. The molecule has 0 heterocycles. The molecule has 4 unspecified atom stereocenters. The van der Waals surface area contributed by atoms with Crippen LogP contribution in [0.2, 0.25) is 0 Å². The number of carboxylic acid groups (broad SMARTS) is 1. The number of aliphatic hydroxyl groups is 1. The fraction of sp³-hybridized carbons (Fsp3) is 0.900. The molecule has 4 saturated carbocycles. The Morgan fingerprint density at radius 3 is 2.18 bits per heavy atom. The summed E-state index contributed by atoms with van der Waals surface area (Å²) < 4.78 is 37.9. The van der Waals surface area contributed by atoms with Crippen LogP contribution in [0, 0.1) is 50.2 Å². The van der Waals surface area contributed by atoms with Crippen molar-refractivity contribution in [2.75, 3.05) is 0 Å². The van der Waals surface area contributed by atoms with E-state index in [-0.39, 0.29) is 63.1 Å². The molecule has 1 radical (unpaired) electrons. The first-order valence-corrected chi connectivity index (χ1v) is 15.9. The van der Waals surface area contributed by atoms with E-state index in [9.17, 15) is 28.0 Å². The molecule has 0 aliphatic heterocycles. The molecule has 7 nitrogen and oxygen atoms in total. The normalized spacial score (nSPS) is 48.2. The van der Waals surface area contributed by atoms with Gasteiger partial charge in [0.25, 0.3) is 0 Å². The molecule has 5 aliphatic carbocycles. The van der Waals surface area contributed by atoms with E-state index in [1.54, 1.807) is 0 Å². The maximum atomic E-state index is 12.9. The topological polar surface area (TPSA) is 121 Å². The Balaban J connectivity index is 0.00000353. The van der Waals surface area contributed by atoms with Crippen molar-refractivity contribution in [3.05, 3.63) is 11.6 Å². The van der Waals surface area contributed by atoms with Crippen LogP contribution in [-0.4, -0.2) is 70.9 Å². The Labute approximate surface area is 257 Å². The SMILES string of the molecule is CC1(C)CC[C@]2(C(=O)O)C(O)CC3(C)C(=CCC4[C@@]5(C)CC[C@H](OS(=O)(=O)O)C(C)(C)C5CC[C@]43C)[C@@H]2C1.[Na]. The van der Waals surface area contributed by atoms with Gasteiger partial charge in [0.05, 0.1) is 12.2 Å². The summed E-state index contributed by atoms with van der Waals surface area (Å²) in [4.78, 5) is 12.9. The number of hydrogen-bond acceptors (Lipinski definition) is 5. The van der Waals surface area contributed by atoms with Crippen LogP contribution in [0.1, 0.15) is 106 Å². The largest absolute Gasteiger partial charge is 0.481 e. The molecule has 0 aromatic carbocycles. The van der Waals surface area contributed by atoms with E-state index in [0.717, 1.165) is 38.5 Å². The molecule has 4 fully saturated rings. The van der Waals surface area contributed by atoms with E-state index in [4.69, 9.17) is 4.18 Å². The average Bonchev–Trinajstić information content (AvgIpc) is 2.75. The Morgan fingerprint density at radius 1 is 0.949 bits per heavy atom. The minimum atomic E-state index is -4.54. The number of rotatable bonds is 3. The van der Waals surface area contributed by atoms with Gasteiger partial charge in [-0.05, 0) is 103 Å². The maximum Gasteiger partial charge on any atom is 0.397 e. The molecule has 3 N–H and O–H groups in total. The van der Waals surface area contributed by atoms with Gasteiger partial charge >= 0.3 is 16.4 Å². The first-order chi connectivity index (χ1) is 17.2. The van der Waals surface area contributed by atoms with E-state index in [2.05, 4.69) is 54.5 Å². The van der Waals surface area contributed by atoms with Crippen LogP contribution in [0.3, 0.4) is 0 Å². The van der Waals surface area contributed by atoms with E-state index in [1.807, 2.05) is 0 Å². The summed E-state index contributed by atoms with van der Waals surface area (Å²) in [6.45, 7) is 15.7. The van der Waals surface area contributed by atoms with Crippen LogP contribution in [0.5, 0.6) is 0 Å². The standard InChI is InChI=1S/C30H48O7S.Na/c1-25(2)14-15-30(24(32)33)19(16-25)18-8-9-21-27(5)12-11-23(37-38(34,35)36)26(3,4)20(27)10-13-28(21,6)29(18,7)17-22(30)31;/h8,19-23,31H,9-17H2,1-7H3,(H,32,33)(H,34,35,36);/t19-,20?,21?,22?,23-,27-,28+,29?,30+;/m0./s1. The molecule has 9 heteroatoms. The quantitative estimate of drug-likeness (QED) is 0.226. The summed E-state index contributed by atoms with van der Waals surface area (Å²) in [6, 6.07) is 0.